The summed E-state index contributed by atoms with van der Waals surface area (Å²) >= 11 is 0. The van der Waals surface area contributed by atoms with Gasteiger partial charge in [-0.1, -0.05) is 0 Å². The minimum atomic E-state index is -2.24. The van der Waals surface area contributed by atoms with E-state index in [1.807, 2.05) is 0 Å². The number of hydrogen-bond donors (Lipinski definition) is 0. The molecule has 0 radical (unpaired) electrons. The van der Waals surface area contributed by atoms with E-state index >= 15 is 0 Å². The first-order valence-corrected chi connectivity index (χ1v) is 19.5. The van der Waals surface area contributed by atoms with Crippen LogP contribution in [0.2, 0.25) is 51.9 Å². The molecule has 176 valence electrons. The Morgan fingerprint density at radius 3 is 1.63 bits per heavy atom. The van der Waals surface area contributed by atoms with Crippen LogP contribution in [0.5, 0.6) is 0 Å². The molecular weight excluding hydrogens is 440 g/mol. The van der Waals surface area contributed by atoms with Gasteiger partial charge in [-0.15, -0.1) is 0 Å². The standard InChI is InChI=1S/C19H40O8Si3/c1-16(20)19(14-17(21)23-2,15-18(22)24-3)25-12-11-13-29(7,8)27-30(9,10)26-28(4,5)6/h11-15H2,1-10H3. The number of hydrogen-bond acceptors (Lipinski definition) is 8. The monoisotopic (exact) mass is 480 g/mol. The third-order valence-electron chi connectivity index (χ3n) is 4.33. The molecule has 0 fully saturated rings. The predicted octanol–water partition coefficient (Wildman–Crippen LogP) is 3.62. The molecule has 30 heavy (non-hydrogen) atoms. The highest BCUT2D eigenvalue weighted by molar-refractivity contribution is 6.87. The zero-order chi connectivity index (χ0) is 23.8. The Bertz CT molecular complexity index is 581. The summed E-state index contributed by atoms with van der Waals surface area (Å²) in [7, 11) is -3.51. The Hall–Kier alpha value is -0.859. The summed E-state index contributed by atoms with van der Waals surface area (Å²) < 4.78 is 28.0. The summed E-state index contributed by atoms with van der Waals surface area (Å²) in [5.41, 5.74) is -1.58. The topological polar surface area (TPSA) is 97.4 Å². The highest BCUT2D eigenvalue weighted by Crippen LogP contribution is 2.27. The second-order valence-corrected chi connectivity index (χ2v) is 22.2. The number of rotatable bonds is 14. The Morgan fingerprint density at radius 2 is 1.27 bits per heavy atom. The number of carbonyl (C=O) groups is 3. The highest BCUT2D eigenvalue weighted by atomic mass is 28.5. The number of ether oxygens (including phenoxy) is 3. The zero-order valence-corrected chi connectivity index (χ0v) is 23.3. The van der Waals surface area contributed by atoms with E-state index in [0.29, 0.717) is 6.42 Å². The molecule has 0 saturated heterocycles. The minimum Gasteiger partial charge on any atom is -0.469 e. The van der Waals surface area contributed by atoms with Crippen molar-refractivity contribution in [2.24, 2.45) is 0 Å². The quantitative estimate of drug-likeness (QED) is 0.211. The molecule has 0 aliphatic rings. The number of methoxy groups -OCH3 is 2. The van der Waals surface area contributed by atoms with Gasteiger partial charge in [0.1, 0.15) is 5.60 Å². The van der Waals surface area contributed by atoms with Crippen molar-refractivity contribution in [3.05, 3.63) is 0 Å². The summed E-state index contributed by atoms with van der Waals surface area (Å²) in [6.07, 6.45) is -0.0431. The number of carbonyl (C=O) groups excluding carboxylic acids is 3. The third kappa shape index (κ3) is 11.5. The number of Topliss-reactive ketones (excluding diaryl/α,β-unsaturated/α-hetero) is 1. The van der Waals surface area contributed by atoms with Crippen molar-refractivity contribution in [1.82, 2.24) is 0 Å². The first-order valence-electron chi connectivity index (χ1n) is 10.2. The molecule has 0 aliphatic heterocycles. The van der Waals surface area contributed by atoms with Crippen molar-refractivity contribution >= 4 is 42.9 Å². The van der Waals surface area contributed by atoms with Crippen molar-refractivity contribution in [3.8, 4) is 0 Å². The average molecular weight is 481 g/mol. The van der Waals surface area contributed by atoms with Gasteiger partial charge in [-0.3, -0.25) is 14.4 Å². The molecule has 0 atom stereocenters. The Morgan fingerprint density at radius 1 is 0.800 bits per heavy atom. The van der Waals surface area contributed by atoms with Crippen LogP contribution < -0.4 is 0 Å². The smallest absolute Gasteiger partial charge is 0.311 e. The van der Waals surface area contributed by atoms with E-state index in [1.54, 1.807) is 0 Å². The molecule has 0 saturated carbocycles. The van der Waals surface area contributed by atoms with E-state index in [1.165, 1.54) is 21.1 Å². The summed E-state index contributed by atoms with van der Waals surface area (Å²) in [4.78, 5) is 36.0. The molecule has 0 unspecified atom stereocenters. The van der Waals surface area contributed by atoms with Crippen LogP contribution in [-0.2, 0) is 36.8 Å². The molecule has 8 nitrogen and oxygen atoms in total. The molecule has 0 N–H and O–H groups in total. The number of esters is 2. The van der Waals surface area contributed by atoms with Crippen LogP contribution in [0.1, 0.15) is 26.2 Å². The van der Waals surface area contributed by atoms with Gasteiger partial charge in [0.2, 0.25) is 0 Å². The van der Waals surface area contributed by atoms with Crippen molar-refractivity contribution in [1.29, 1.82) is 0 Å². The second-order valence-electron chi connectivity index (χ2n) is 9.48. The first kappa shape index (κ1) is 29.1. The summed E-state index contributed by atoms with van der Waals surface area (Å²) in [6.45, 7) is 16.4. The van der Waals surface area contributed by atoms with Gasteiger partial charge in [0.15, 0.2) is 22.4 Å². The summed E-state index contributed by atoms with van der Waals surface area (Å²) in [5, 5.41) is 0. The van der Waals surface area contributed by atoms with Crippen LogP contribution in [0, 0.1) is 0 Å². The van der Waals surface area contributed by atoms with Crippen LogP contribution >= 0.6 is 0 Å². The SMILES string of the molecule is COC(=O)CC(CC(=O)OC)(OCCC[Si](C)(C)O[Si](C)(C)O[Si](C)(C)C)C(C)=O. The molecule has 0 rings (SSSR count). The molecule has 0 aliphatic carbocycles. The van der Waals surface area contributed by atoms with Gasteiger partial charge in [-0.25, -0.2) is 0 Å². The first-order chi connectivity index (χ1) is 13.5. The van der Waals surface area contributed by atoms with Crippen molar-refractivity contribution < 1.29 is 36.8 Å². The van der Waals surface area contributed by atoms with Crippen LogP contribution in [0.15, 0.2) is 0 Å². The largest absolute Gasteiger partial charge is 0.469 e. The van der Waals surface area contributed by atoms with Crippen molar-refractivity contribution in [3.63, 3.8) is 0 Å². The van der Waals surface area contributed by atoms with Crippen molar-refractivity contribution in [2.45, 2.75) is 83.7 Å². The molecule has 0 spiro atoms. The number of ketones is 1. The molecule has 11 heteroatoms. The Labute approximate surface area is 184 Å². The summed E-state index contributed by atoms with van der Waals surface area (Å²) in [5.74, 6) is -1.66. The van der Waals surface area contributed by atoms with E-state index in [9.17, 15) is 14.4 Å². The van der Waals surface area contributed by atoms with Gasteiger partial charge < -0.3 is 22.4 Å². The molecule has 0 aromatic carbocycles. The zero-order valence-electron chi connectivity index (χ0n) is 20.3. The highest BCUT2D eigenvalue weighted by Gasteiger charge is 2.42. The van der Waals surface area contributed by atoms with Gasteiger partial charge in [-0.05, 0) is 65.2 Å². The van der Waals surface area contributed by atoms with Crippen molar-refractivity contribution in [2.75, 3.05) is 20.8 Å². The van der Waals surface area contributed by atoms with E-state index in [0.717, 1.165) is 6.04 Å². The molecule has 0 amide bonds. The van der Waals surface area contributed by atoms with E-state index in [-0.39, 0.29) is 19.4 Å². The molecule has 0 aromatic rings. The lowest BCUT2D eigenvalue weighted by Crippen LogP contribution is -2.51. The van der Waals surface area contributed by atoms with Gasteiger partial charge in [0.05, 0.1) is 27.1 Å². The van der Waals surface area contributed by atoms with Crippen LogP contribution in [-0.4, -0.2) is 69.3 Å². The van der Waals surface area contributed by atoms with Gasteiger partial charge in [-0.2, -0.15) is 0 Å². The maximum absolute atomic E-state index is 12.3. The van der Waals surface area contributed by atoms with E-state index in [4.69, 9.17) is 13.0 Å². The van der Waals surface area contributed by atoms with Gasteiger partial charge in [0, 0.05) is 6.61 Å². The summed E-state index contributed by atoms with van der Waals surface area (Å²) in [6, 6.07) is 0.795. The minimum absolute atomic E-state index is 0.213. The normalized spacial score (nSPS) is 13.1. The fourth-order valence-corrected chi connectivity index (χ4v) is 16.5. The fraction of sp³-hybridized carbons (Fsp3) is 0.842. The molecular formula is C19H40O8Si3. The second kappa shape index (κ2) is 11.7. The lowest BCUT2D eigenvalue weighted by molar-refractivity contribution is -0.166. The predicted molar refractivity (Wildman–Crippen MR) is 123 cm³/mol. The van der Waals surface area contributed by atoms with Gasteiger partial charge in [0.25, 0.3) is 0 Å². The molecule has 0 heterocycles. The third-order valence-corrected chi connectivity index (χ3v) is 14.5. The van der Waals surface area contributed by atoms with E-state index in [2.05, 4.69) is 55.3 Å². The lowest BCUT2D eigenvalue weighted by Gasteiger charge is -2.37. The van der Waals surface area contributed by atoms with Gasteiger partial charge >= 0.3 is 20.5 Å². The van der Waals surface area contributed by atoms with E-state index < -0.39 is 48.5 Å². The fourth-order valence-electron chi connectivity index (χ4n) is 3.37. The van der Waals surface area contributed by atoms with Crippen LogP contribution in [0.4, 0.5) is 0 Å². The molecule has 0 aromatic heterocycles. The Balaban J connectivity index is 5.06. The maximum atomic E-state index is 12.3. The van der Waals surface area contributed by atoms with Crippen LogP contribution in [0.25, 0.3) is 0 Å². The molecule has 0 bridgehead atoms. The average Bonchev–Trinajstić information content (AvgIpc) is 2.54. The van der Waals surface area contributed by atoms with Crippen LogP contribution in [0.3, 0.4) is 0 Å². The lowest BCUT2D eigenvalue weighted by atomic mass is 9.91. The maximum Gasteiger partial charge on any atom is 0.311 e. The Kier molecular flexibility index (Phi) is 11.3.